The molecule has 6 heteroatoms. The van der Waals surface area contributed by atoms with Gasteiger partial charge in [0.1, 0.15) is 0 Å². The number of carbonyl (C=O) groups is 2. The molecule has 0 spiro atoms. The van der Waals surface area contributed by atoms with Gasteiger partial charge in [0.2, 0.25) is 5.91 Å². The molecule has 1 atom stereocenters. The maximum atomic E-state index is 12.6. The summed E-state index contributed by atoms with van der Waals surface area (Å²) in [6, 6.07) is 14.3. The van der Waals surface area contributed by atoms with Crippen LogP contribution in [0.15, 0.2) is 54.6 Å². The van der Waals surface area contributed by atoms with Crippen molar-refractivity contribution in [1.29, 1.82) is 0 Å². The Hall–Kier alpha value is -3.28. The second-order valence-electron chi connectivity index (χ2n) is 7.62. The van der Waals surface area contributed by atoms with Crippen molar-refractivity contribution in [2.45, 2.75) is 52.4 Å². The maximum absolute atomic E-state index is 12.6. The van der Waals surface area contributed by atoms with Crippen LogP contribution in [0.3, 0.4) is 0 Å². The highest BCUT2D eigenvalue weighted by atomic mass is 16.5. The number of amides is 1. The van der Waals surface area contributed by atoms with Gasteiger partial charge in [-0.15, -0.1) is 0 Å². The number of nitrogens with one attached hydrogen (secondary N) is 1. The molecule has 1 amide bonds. The Kier molecular flexibility index (Phi) is 9.13. The molecule has 1 N–H and O–H groups in total. The van der Waals surface area contributed by atoms with Gasteiger partial charge in [-0.1, -0.05) is 36.4 Å². The fourth-order valence-electron chi connectivity index (χ4n) is 2.95. The van der Waals surface area contributed by atoms with Crippen LogP contribution in [0.2, 0.25) is 0 Å². The van der Waals surface area contributed by atoms with Gasteiger partial charge >= 0.3 is 5.97 Å². The average Bonchev–Trinajstić information content (AvgIpc) is 2.72. The summed E-state index contributed by atoms with van der Waals surface area (Å²) < 4.78 is 16.3. The fraction of sp³-hybridized carbons (Fsp3) is 0.360. The first kappa shape index (κ1) is 24.0. The predicted molar refractivity (Wildman–Crippen MR) is 121 cm³/mol. The van der Waals surface area contributed by atoms with E-state index in [2.05, 4.69) is 5.32 Å². The first-order valence-electron chi connectivity index (χ1n) is 10.4. The van der Waals surface area contributed by atoms with E-state index in [9.17, 15) is 9.59 Å². The van der Waals surface area contributed by atoms with Crippen LogP contribution in [0.25, 0.3) is 6.08 Å². The SMILES string of the molecule is COc1cc(/C=C/C(=O)NC(CC(=O)OC(C)C)c2ccccc2)ccc1OC(C)C. The van der Waals surface area contributed by atoms with Crippen LogP contribution in [-0.2, 0) is 14.3 Å². The van der Waals surface area contributed by atoms with E-state index >= 15 is 0 Å². The van der Waals surface area contributed by atoms with E-state index in [0.717, 1.165) is 11.1 Å². The monoisotopic (exact) mass is 425 g/mol. The molecule has 166 valence electrons. The lowest BCUT2D eigenvalue weighted by molar-refractivity contribution is -0.148. The zero-order valence-electron chi connectivity index (χ0n) is 18.8. The Morgan fingerprint density at radius 3 is 2.29 bits per heavy atom. The van der Waals surface area contributed by atoms with Crippen molar-refractivity contribution in [1.82, 2.24) is 5.32 Å². The van der Waals surface area contributed by atoms with Crippen LogP contribution in [0.5, 0.6) is 11.5 Å². The summed E-state index contributed by atoms with van der Waals surface area (Å²) in [5.74, 6) is 0.563. The largest absolute Gasteiger partial charge is 0.493 e. The minimum atomic E-state index is -0.485. The number of hydrogen-bond donors (Lipinski definition) is 1. The van der Waals surface area contributed by atoms with E-state index in [0.29, 0.717) is 11.5 Å². The summed E-state index contributed by atoms with van der Waals surface area (Å²) >= 11 is 0. The van der Waals surface area contributed by atoms with Gasteiger partial charge < -0.3 is 19.5 Å². The Morgan fingerprint density at radius 2 is 1.68 bits per heavy atom. The summed E-state index contributed by atoms with van der Waals surface area (Å²) in [5, 5.41) is 2.89. The van der Waals surface area contributed by atoms with Crippen molar-refractivity contribution >= 4 is 18.0 Å². The van der Waals surface area contributed by atoms with Crippen LogP contribution < -0.4 is 14.8 Å². The van der Waals surface area contributed by atoms with Crippen LogP contribution in [0, 0.1) is 0 Å². The second-order valence-corrected chi connectivity index (χ2v) is 7.62. The van der Waals surface area contributed by atoms with Crippen LogP contribution >= 0.6 is 0 Å². The summed E-state index contributed by atoms with van der Waals surface area (Å²) in [6.07, 6.45) is 2.99. The smallest absolute Gasteiger partial charge is 0.308 e. The van der Waals surface area contributed by atoms with E-state index in [1.807, 2.05) is 56.3 Å². The van der Waals surface area contributed by atoms with Crippen molar-refractivity contribution in [2.24, 2.45) is 0 Å². The Balaban J connectivity index is 2.11. The quantitative estimate of drug-likeness (QED) is 0.441. The number of benzene rings is 2. The third-order valence-corrected chi connectivity index (χ3v) is 4.23. The van der Waals surface area contributed by atoms with Crippen LogP contribution in [-0.4, -0.2) is 31.2 Å². The van der Waals surface area contributed by atoms with Gasteiger partial charge in [-0.05, 0) is 57.0 Å². The molecule has 1 unspecified atom stereocenters. The molecule has 2 rings (SSSR count). The third kappa shape index (κ3) is 8.16. The molecule has 0 aliphatic carbocycles. The first-order chi connectivity index (χ1) is 14.8. The summed E-state index contributed by atoms with van der Waals surface area (Å²) in [4.78, 5) is 24.7. The molecule has 0 aliphatic heterocycles. The molecule has 0 saturated heterocycles. The first-order valence-corrected chi connectivity index (χ1v) is 10.4. The molecule has 6 nitrogen and oxygen atoms in total. The molecule has 2 aromatic rings. The van der Waals surface area contributed by atoms with E-state index in [1.165, 1.54) is 6.08 Å². The predicted octanol–water partition coefficient (Wildman–Crippen LogP) is 4.69. The number of hydrogen-bond acceptors (Lipinski definition) is 5. The average molecular weight is 426 g/mol. The van der Waals surface area contributed by atoms with E-state index in [1.54, 1.807) is 33.1 Å². The van der Waals surface area contributed by atoms with E-state index in [-0.39, 0.29) is 30.5 Å². The van der Waals surface area contributed by atoms with Gasteiger partial charge in [0, 0.05) is 6.08 Å². The lowest BCUT2D eigenvalue weighted by Crippen LogP contribution is -2.29. The number of ether oxygens (including phenoxy) is 3. The fourth-order valence-corrected chi connectivity index (χ4v) is 2.95. The van der Waals surface area contributed by atoms with Gasteiger partial charge in [0.25, 0.3) is 0 Å². The van der Waals surface area contributed by atoms with E-state index in [4.69, 9.17) is 14.2 Å². The zero-order chi connectivity index (χ0) is 22.8. The standard InChI is InChI=1S/C25H31NO5/c1-17(2)30-22-13-11-19(15-23(22)29-5)12-14-24(27)26-21(16-25(28)31-18(3)4)20-9-7-6-8-10-20/h6-15,17-18,21H,16H2,1-5H3,(H,26,27)/b14-12+. The van der Waals surface area contributed by atoms with Gasteiger partial charge in [-0.3, -0.25) is 9.59 Å². The minimum absolute atomic E-state index is 0.0263. The van der Waals surface area contributed by atoms with Crippen LogP contribution in [0.1, 0.15) is 51.3 Å². The summed E-state index contributed by atoms with van der Waals surface area (Å²) in [6.45, 7) is 7.47. The Bertz CT molecular complexity index is 890. The van der Waals surface area contributed by atoms with Gasteiger partial charge in [0.05, 0.1) is 31.8 Å². The number of methoxy groups -OCH3 is 1. The van der Waals surface area contributed by atoms with Crippen LogP contribution in [0.4, 0.5) is 0 Å². The lowest BCUT2D eigenvalue weighted by atomic mass is 10.0. The minimum Gasteiger partial charge on any atom is -0.493 e. The number of esters is 1. The van der Waals surface area contributed by atoms with Crippen molar-refractivity contribution < 1.29 is 23.8 Å². The molecule has 0 fully saturated rings. The third-order valence-electron chi connectivity index (χ3n) is 4.23. The molecule has 0 bridgehead atoms. The van der Waals surface area contributed by atoms with Crippen molar-refractivity contribution in [3.8, 4) is 11.5 Å². The summed E-state index contributed by atoms with van der Waals surface area (Å²) in [5.41, 5.74) is 1.63. The van der Waals surface area contributed by atoms with Gasteiger partial charge in [-0.2, -0.15) is 0 Å². The number of rotatable bonds is 10. The topological polar surface area (TPSA) is 73.9 Å². The zero-order valence-corrected chi connectivity index (χ0v) is 18.8. The Morgan fingerprint density at radius 1 is 0.968 bits per heavy atom. The molecule has 0 radical (unpaired) electrons. The van der Waals surface area contributed by atoms with Crippen molar-refractivity contribution in [2.75, 3.05) is 7.11 Å². The lowest BCUT2D eigenvalue weighted by Gasteiger charge is -2.18. The molecular formula is C25H31NO5. The molecule has 2 aromatic carbocycles. The molecule has 0 aliphatic rings. The summed E-state index contributed by atoms with van der Waals surface area (Å²) in [7, 11) is 1.57. The molecule has 31 heavy (non-hydrogen) atoms. The highest BCUT2D eigenvalue weighted by Gasteiger charge is 2.19. The van der Waals surface area contributed by atoms with Gasteiger partial charge in [-0.25, -0.2) is 0 Å². The maximum Gasteiger partial charge on any atom is 0.308 e. The van der Waals surface area contributed by atoms with Crippen molar-refractivity contribution in [3.63, 3.8) is 0 Å². The molecular weight excluding hydrogens is 394 g/mol. The molecule has 0 aromatic heterocycles. The van der Waals surface area contributed by atoms with E-state index < -0.39 is 6.04 Å². The second kappa shape index (κ2) is 11.8. The highest BCUT2D eigenvalue weighted by molar-refractivity contribution is 5.92. The number of carbonyl (C=O) groups excluding carboxylic acids is 2. The normalized spacial score (nSPS) is 12.1. The highest BCUT2D eigenvalue weighted by Crippen LogP contribution is 2.29. The van der Waals surface area contributed by atoms with Crippen molar-refractivity contribution in [3.05, 3.63) is 65.7 Å². The van der Waals surface area contributed by atoms with Gasteiger partial charge in [0.15, 0.2) is 11.5 Å². The Labute approximate surface area is 184 Å². The molecule has 0 saturated carbocycles. The molecule has 0 heterocycles.